The van der Waals surface area contributed by atoms with Gasteiger partial charge in [0.25, 0.3) is 0 Å². The molecule has 0 fully saturated rings. The first-order valence-electron chi connectivity index (χ1n) is 3.03. The molecule has 1 aromatic heterocycles. The molecule has 58 valence electrons. The summed E-state index contributed by atoms with van der Waals surface area (Å²) in [4.78, 5) is 7.75. The van der Waals surface area contributed by atoms with Crippen LogP contribution in [0, 0.1) is 6.92 Å². The van der Waals surface area contributed by atoms with E-state index >= 15 is 0 Å². The molecule has 0 radical (unpaired) electrons. The van der Waals surface area contributed by atoms with Crippen LogP contribution in [0.25, 0.3) is 0 Å². The number of nitrogens with zero attached hydrogens (tertiary/aromatic N) is 2. The maximum absolute atomic E-state index is 5.26. The van der Waals surface area contributed by atoms with Crippen LogP contribution in [0.3, 0.4) is 0 Å². The van der Waals surface area contributed by atoms with E-state index < -0.39 is 0 Å². The first-order valence-corrected chi connectivity index (χ1v) is 3.44. The molecule has 0 saturated heterocycles. The third kappa shape index (κ3) is 2.12. The van der Waals surface area contributed by atoms with Crippen molar-refractivity contribution in [3.8, 4) is 0 Å². The van der Waals surface area contributed by atoms with Crippen LogP contribution in [0.1, 0.15) is 5.69 Å². The van der Waals surface area contributed by atoms with Crippen LogP contribution in [-0.4, -0.2) is 15.1 Å². The van der Waals surface area contributed by atoms with Crippen LogP contribution in [-0.2, 0) is 0 Å². The minimum absolute atomic E-state index is 0.225. The molecule has 0 aliphatic heterocycles. The molecule has 0 spiro atoms. The van der Waals surface area contributed by atoms with Gasteiger partial charge in [0.2, 0.25) is 0 Å². The van der Waals surface area contributed by atoms with Crippen LogP contribution in [0.4, 0.5) is 5.69 Å². The van der Waals surface area contributed by atoms with Crippen molar-refractivity contribution in [1.82, 2.24) is 9.97 Å². The van der Waals surface area contributed by atoms with Crippen molar-refractivity contribution in [3.05, 3.63) is 18.2 Å². The van der Waals surface area contributed by atoms with Crippen LogP contribution in [0.5, 0.6) is 0 Å². The number of aryl methyl sites for hydroxylation is 1. The first kappa shape index (κ1) is 7.87. The highest BCUT2D eigenvalue weighted by Gasteiger charge is 1.97. The predicted molar refractivity (Wildman–Crippen MR) is 47.2 cm³/mol. The molecule has 0 aliphatic rings. The molecule has 0 saturated carbocycles. The SMILES string of the molecule is Cc1ncncc1NC(N)=S. The lowest BCUT2D eigenvalue weighted by Gasteiger charge is -2.03. The summed E-state index contributed by atoms with van der Waals surface area (Å²) >= 11 is 4.65. The fourth-order valence-corrected chi connectivity index (χ4v) is 0.756. The zero-order valence-electron chi connectivity index (χ0n) is 6.03. The van der Waals surface area contributed by atoms with Gasteiger partial charge >= 0.3 is 0 Å². The van der Waals surface area contributed by atoms with Gasteiger partial charge in [0.05, 0.1) is 17.6 Å². The molecular formula is C6H8N4S. The second-order valence-corrected chi connectivity index (χ2v) is 2.45. The smallest absolute Gasteiger partial charge is 0.168 e. The molecular weight excluding hydrogens is 160 g/mol. The minimum atomic E-state index is 0.225. The maximum Gasteiger partial charge on any atom is 0.168 e. The number of anilines is 1. The summed E-state index contributed by atoms with van der Waals surface area (Å²) in [5, 5.41) is 2.98. The quantitative estimate of drug-likeness (QED) is 0.596. The lowest BCUT2D eigenvalue weighted by atomic mass is 10.4. The standard InChI is InChI=1S/C6H8N4S/c1-4-5(10-6(7)11)2-8-3-9-4/h2-3H,1H3,(H3,7,10,11). The van der Waals surface area contributed by atoms with Gasteiger partial charge in [-0.05, 0) is 19.1 Å². The number of nitrogens with two attached hydrogens (primary N) is 1. The number of hydrogen-bond acceptors (Lipinski definition) is 3. The number of thiocarbonyl (C=S) groups is 1. The van der Waals surface area contributed by atoms with Crippen LogP contribution in [0.15, 0.2) is 12.5 Å². The Morgan fingerprint density at radius 3 is 3.00 bits per heavy atom. The average Bonchev–Trinajstić information content (AvgIpc) is 1.93. The minimum Gasteiger partial charge on any atom is -0.376 e. The second kappa shape index (κ2) is 3.25. The molecule has 3 N–H and O–H groups in total. The molecule has 0 aliphatic carbocycles. The monoisotopic (exact) mass is 168 g/mol. The molecule has 0 aromatic carbocycles. The van der Waals surface area contributed by atoms with Crippen LogP contribution in [0.2, 0.25) is 0 Å². The molecule has 11 heavy (non-hydrogen) atoms. The number of nitrogens with one attached hydrogen (secondary N) is 1. The topological polar surface area (TPSA) is 63.8 Å². The van der Waals surface area contributed by atoms with Gasteiger partial charge < -0.3 is 11.1 Å². The Morgan fingerprint density at radius 2 is 2.45 bits per heavy atom. The molecule has 1 rings (SSSR count). The van der Waals surface area contributed by atoms with E-state index in [1.54, 1.807) is 6.20 Å². The zero-order valence-corrected chi connectivity index (χ0v) is 6.85. The van der Waals surface area contributed by atoms with Gasteiger partial charge in [-0.25, -0.2) is 9.97 Å². The molecule has 4 nitrogen and oxygen atoms in total. The average molecular weight is 168 g/mol. The molecule has 1 heterocycles. The Morgan fingerprint density at radius 1 is 1.73 bits per heavy atom. The second-order valence-electron chi connectivity index (χ2n) is 2.01. The summed E-state index contributed by atoms with van der Waals surface area (Å²) in [6.07, 6.45) is 3.10. The summed E-state index contributed by atoms with van der Waals surface area (Å²) in [7, 11) is 0. The summed E-state index contributed by atoms with van der Waals surface area (Å²) in [6, 6.07) is 0. The lowest BCUT2D eigenvalue weighted by Crippen LogP contribution is -2.19. The molecule has 0 bridgehead atoms. The molecule has 1 aromatic rings. The van der Waals surface area contributed by atoms with Crippen molar-refractivity contribution in [2.24, 2.45) is 5.73 Å². The number of rotatable bonds is 1. The van der Waals surface area contributed by atoms with Crippen molar-refractivity contribution in [1.29, 1.82) is 0 Å². The summed E-state index contributed by atoms with van der Waals surface area (Å²) < 4.78 is 0. The lowest BCUT2D eigenvalue weighted by molar-refractivity contribution is 1.11. The van der Waals surface area contributed by atoms with Gasteiger partial charge in [-0.3, -0.25) is 0 Å². The number of hydrogen-bond donors (Lipinski definition) is 2. The van der Waals surface area contributed by atoms with E-state index in [1.165, 1.54) is 6.33 Å². The zero-order chi connectivity index (χ0) is 8.27. The predicted octanol–water partition coefficient (Wildman–Crippen LogP) is 0.441. The molecule has 0 atom stereocenters. The van der Waals surface area contributed by atoms with E-state index in [4.69, 9.17) is 5.73 Å². The first-order chi connectivity index (χ1) is 5.20. The van der Waals surface area contributed by atoms with E-state index in [-0.39, 0.29) is 5.11 Å². The molecule has 0 amide bonds. The Bertz CT molecular complexity index is 273. The van der Waals surface area contributed by atoms with E-state index in [9.17, 15) is 0 Å². The van der Waals surface area contributed by atoms with E-state index in [2.05, 4.69) is 27.5 Å². The molecule has 5 heteroatoms. The fraction of sp³-hybridized carbons (Fsp3) is 0.167. The largest absolute Gasteiger partial charge is 0.376 e. The van der Waals surface area contributed by atoms with Crippen LogP contribution >= 0.6 is 12.2 Å². The Balaban J connectivity index is 2.86. The van der Waals surface area contributed by atoms with Crippen molar-refractivity contribution in [2.75, 3.05) is 5.32 Å². The Hall–Kier alpha value is -1.23. The third-order valence-corrected chi connectivity index (χ3v) is 1.27. The highest BCUT2D eigenvalue weighted by Crippen LogP contribution is 2.06. The Labute approximate surface area is 69.8 Å². The fourth-order valence-electron chi connectivity index (χ4n) is 0.646. The van der Waals surface area contributed by atoms with Gasteiger partial charge in [0.15, 0.2) is 5.11 Å². The van der Waals surface area contributed by atoms with Crippen molar-refractivity contribution >= 4 is 23.0 Å². The summed E-state index contributed by atoms with van der Waals surface area (Å²) in [5.74, 6) is 0. The molecule has 0 unspecified atom stereocenters. The normalized spacial score (nSPS) is 9.18. The van der Waals surface area contributed by atoms with Crippen LogP contribution < -0.4 is 11.1 Å². The van der Waals surface area contributed by atoms with Gasteiger partial charge in [0.1, 0.15) is 6.33 Å². The van der Waals surface area contributed by atoms with Crippen molar-refractivity contribution < 1.29 is 0 Å². The van der Waals surface area contributed by atoms with Gasteiger partial charge in [-0.2, -0.15) is 0 Å². The third-order valence-electron chi connectivity index (χ3n) is 1.17. The number of aromatic nitrogens is 2. The Kier molecular flexibility index (Phi) is 2.32. The van der Waals surface area contributed by atoms with E-state index in [0.29, 0.717) is 0 Å². The van der Waals surface area contributed by atoms with Gasteiger partial charge in [0, 0.05) is 0 Å². The highest BCUT2D eigenvalue weighted by molar-refractivity contribution is 7.80. The van der Waals surface area contributed by atoms with Crippen molar-refractivity contribution in [2.45, 2.75) is 6.92 Å². The highest BCUT2D eigenvalue weighted by atomic mass is 32.1. The van der Waals surface area contributed by atoms with E-state index in [0.717, 1.165) is 11.4 Å². The summed E-state index contributed by atoms with van der Waals surface area (Å²) in [5.41, 5.74) is 6.83. The maximum atomic E-state index is 5.26. The summed E-state index contributed by atoms with van der Waals surface area (Å²) in [6.45, 7) is 1.85. The van der Waals surface area contributed by atoms with Crippen molar-refractivity contribution in [3.63, 3.8) is 0 Å². The van der Waals surface area contributed by atoms with E-state index in [1.807, 2.05) is 6.92 Å². The van der Waals surface area contributed by atoms with Gasteiger partial charge in [-0.15, -0.1) is 0 Å². The van der Waals surface area contributed by atoms with Gasteiger partial charge in [-0.1, -0.05) is 0 Å².